The Labute approximate surface area is 203 Å². The molecule has 0 saturated heterocycles. The van der Waals surface area contributed by atoms with Crippen molar-refractivity contribution in [2.24, 2.45) is 12.0 Å². The van der Waals surface area contributed by atoms with E-state index in [1.807, 2.05) is 67.8 Å². The molecule has 0 unspecified atom stereocenters. The Bertz CT molecular complexity index is 1370. The highest BCUT2D eigenvalue weighted by atomic mass is 35.5. The highest BCUT2D eigenvalue weighted by molar-refractivity contribution is 6.49. The van der Waals surface area contributed by atoms with Crippen LogP contribution in [0.5, 0.6) is 0 Å². The Morgan fingerprint density at radius 1 is 1.12 bits per heavy atom. The van der Waals surface area contributed by atoms with Crippen LogP contribution in [0.3, 0.4) is 0 Å². The molecule has 7 heteroatoms. The van der Waals surface area contributed by atoms with E-state index in [-0.39, 0.29) is 5.91 Å². The summed E-state index contributed by atoms with van der Waals surface area (Å²) in [5, 5.41) is 16.6. The van der Waals surface area contributed by atoms with E-state index in [9.17, 15) is 4.79 Å². The number of amides is 1. The Balaban J connectivity index is 1.52. The van der Waals surface area contributed by atoms with Crippen molar-refractivity contribution >= 4 is 28.9 Å². The molecule has 0 radical (unpaired) electrons. The predicted molar refractivity (Wildman–Crippen MR) is 135 cm³/mol. The number of benzene rings is 3. The molecule has 0 aliphatic rings. The normalized spacial score (nSPS) is 11.1. The summed E-state index contributed by atoms with van der Waals surface area (Å²) in [5.74, 6) is -0.309. The summed E-state index contributed by atoms with van der Waals surface area (Å²) in [4.78, 5) is 17.8. The summed E-state index contributed by atoms with van der Waals surface area (Å²) < 4.78 is 1.71. The van der Waals surface area contributed by atoms with Gasteiger partial charge in [0.1, 0.15) is 5.71 Å². The van der Waals surface area contributed by atoms with Gasteiger partial charge in [-0.25, -0.2) is 0 Å². The van der Waals surface area contributed by atoms with Crippen LogP contribution >= 0.6 is 11.6 Å². The molecule has 34 heavy (non-hydrogen) atoms. The average molecular weight is 468 g/mol. The molecule has 0 bridgehead atoms. The second kappa shape index (κ2) is 10.6. The number of hydrogen-bond acceptors (Lipinski definition) is 4. The van der Waals surface area contributed by atoms with Gasteiger partial charge in [0.05, 0.1) is 22.9 Å². The minimum atomic E-state index is -0.309. The topological polar surface area (TPSA) is 83.1 Å². The molecule has 1 N–H and O–H groups in total. The van der Waals surface area contributed by atoms with Crippen molar-refractivity contribution in [2.45, 2.75) is 6.42 Å². The molecule has 3 aromatic carbocycles. The lowest BCUT2D eigenvalue weighted by Crippen LogP contribution is -2.24. The third kappa shape index (κ3) is 5.58. The van der Waals surface area contributed by atoms with Gasteiger partial charge in [0.15, 0.2) is 0 Å². The lowest BCUT2D eigenvalue weighted by Gasteiger charge is -2.11. The van der Waals surface area contributed by atoms with Gasteiger partial charge in [-0.1, -0.05) is 60.1 Å². The van der Waals surface area contributed by atoms with Gasteiger partial charge < -0.3 is 5.32 Å². The molecule has 168 valence electrons. The third-order valence-electron chi connectivity index (χ3n) is 5.26. The number of rotatable bonds is 7. The fourth-order valence-electron chi connectivity index (χ4n) is 3.51. The van der Waals surface area contributed by atoms with Gasteiger partial charge in [-0.3, -0.25) is 14.5 Å². The number of aromatic nitrogens is 2. The Morgan fingerprint density at radius 3 is 2.53 bits per heavy atom. The van der Waals surface area contributed by atoms with Crippen LogP contribution in [0.2, 0.25) is 5.02 Å². The molecule has 6 nitrogen and oxygen atoms in total. The molecule has 0 saturated carbocycles. The standard InChI is InChI=1S/C27H22ClN5O/c1-33-18-22(17-31-33)24-12-11-23(15-25(24)28)32-27(34)26(21-5-3-2-4-6-21)30-14-13-19-7-9-20(16-29)10-8-19/h2-12,15,17-18H,13-14H2,1H3,(H,32,34). The van der Waals surface area contributed by atoms with Crippen LogP contribution in [0.4, 0.5) is 5.69 Å². The average Bonchev–Trinajstić information content (AvgIpc) is 3.28. The molecule has 0 aliphatic heterocycles. The van der Waals surface area contributed by atoms with E-state index < -0.39 is 0 Å². The number of carbonyl (C=O) groups is 1. The van der Waals surface area contributed by atoms with E-state index >= 15 is 0 Å². The van der Waals surface area contributed by atoms with Crippen LogP contribution in [0, 0.1) is 11.3 Å². The second-order valence-electron chi connectivity index (χ2n) is 7.71. The maximum atomic E-state index is 13.2. The Hall–Kier alpha value is -4.21. The summed E-state index contributed by atoms with van der Waals surface area (Å²) in [6.07, 6.45) is 4.28. The first-order chi connectivity index (χ1) is 16.5. The van der Waals surface area contributed by atoms with Gasteiger partial charge in [0.2, 0.25) is 0 Å². The molecule has 1 amide bonds. The number of halogens is 1. The first-order valence-corrected chi connectivity index (χ1v) is 11.1. The monoisotopic (exact) mass is 467 g/mol. The lowest BCUT2D eigenvalue weighted by molar-refractivity contribution is -0.110. The molecule has 0 fully saturated rings. The van der Waals surface area contributed by atoms with Crippen molar-refractivity contribution in [3.8, 4) is 17.2 Å². The number of hydrogen-bond donors (Lipinski definition) is 1. The van der Waals surface area contributed by atoms with E-state index in [2.05, 4.69) is 21.5 Å². The number of aryl methyl sites for hydroxylation is 1. The Morgan fingerprint density at radius 2 is 1.88 bits per heavy atom. The van der Waals surface area contributed by atoms with Crippen LogP contribution in [-0.4, -0.2) is 27.9 Å². The van der Waals surface area contributed by atoms with Crippen LogP contribution in [0.15, 0.2) is 90.2 Å². The smallest absolute Gasteiger partial charge is 0.274 e. The van der Waals surface area contributed by atoms with E-state index in [1.54, 1.807) is 29.1 Å². The highest BCUT2D eigenvalue weighted by Gasteiger charge is 2.15. The quantitative estimate of drug-likeness (QED) is 0.375. The molecular weight excluding hydrogens is 446 g/mol. The van der Waals surface area contributed by atoms with E-state index in [1.165, 1.54) is 0 Å². The minimum absolute atomic E-state index is 0.309. The summed E-state index contributed by atoms with van der Waals surface area (Å²) in [7, 11) is 1.85. The van der Waals surface area contributed by atoms with E-state index in [0.29, 0.717) is 35.0 Å². The fraction of sp³-hybridized carbons (Fsp3) is 0.111. The highest BCUT2D eigenvalue weighted by Crippen LogP contribution is 2.30. The lowest BCUT2D eigenvalue weighted by atomic mass is 10.1. The maximum absolute atomic E-state index is 13.2. The molecule has 4 rings (SSSR count). The molecule has 1 heterocycles. The summed E-state index contributed by atoms with van der Waals surface area (Å²) in [6.45, 7) is 0.435. The van der Waals surface area contributed by atoms with Crippen LogP contribution in [0.25, 0.3) is 11.1 Å². The second-order valence-corrected chi connectivity index (χ2v) is 8.11. The third-order valence-corrected chi connectivity index (χ3v) is 5.57. The van der Waals surface area contributed by atoms with Gasteiger partial charge >= 0.3 is 0 Å². The molecule has 1 aromatic heterocycles. The zero-order valence-electron chi connectivity index (χ0n) is 18.6. The number of carbonyl (C=O) groups excluding carboxylic acids is 1. The van der Waals surface area contributed by atoms with Crippen LogP contribution in [0.1, 0.15) is 16.7 Å². The largest absolute Gasteiger partial charge is 0.321 e. The van der Waals surface area contributed by atoms with Crippen molar-refractivity contribution in [1.29, 1.82) is 5.26 Å². The van der Waals surface area contributed by atoms with E-state index in [0.717, 1.165) is 22.3 Å². The van der Waals surface area contributed by atoms with Crippen LogP contribution < -0.4 is 5.32 Å². The number of anilines is 1. The van der Waals surface area contributed by atoms with Crippen molar-refractivity contribution in [3.05, 3.63) is 107 Å². The van der Waals surface area contributed by atoms with Crippen molar-refractivity contribution in [3.63, 3.8) is 0 Å². The van der Waals surface area contributed by atoms with Crippen molar-refractivity contribution < 1.29 is 4.79 Å². The van der Waals surface area contributed by atoms with Crippen molar-refractivity contribution in [2.75, 3.05) is 11.9 Å². The molecular formula is C27H22ClN5O. The molecule has 0 spiro atoms. The summed E-state index contributed by atoms with van der Waals surface area (Å²) in [5.41, 5.74) is 5.07. The SMILES string of the molecule is Cn1cc(-c2ccc(NC(=O)C(=NCCc3ccc(C#N)cc3)c3ccccc3)cc2Cl)cn1. The van der Waals surface area contributed by atoms with Crippen molar-refractivity contribution in [1.82, 2.24) is 9.78 Å². The number of nitrogens with zero attached hydrogens (tertiary/aromatic N) is 4. The zero-order chi connectivity index (χ0) is 23.9. The van der Waals surface area contributed by atoms with Gasteiger partial charge in [-0.05, 0) is 36.2 Å². The fourth-order valence-corrected chi connectivity index (χ4v) is 3.80. The zero-order valence-corrected chi connectivity index (χ0v) is 19.3. The minimum Gasteiger partial charge on any atom is -0.321 e. The molecule has 4 aromatic rings. The predicted octanol–water partition coefficient (Wildman–Crippen LogP) is 5.28. The summed E-state index contributed by atoms with van der Waals surface area (Å²) in [6, 6.07) is 24.2. The Kier molecular flexibility index (Phi) is 7.16. The van der Waals surface area contributed by atoms with Gasteiger partial charge in [-0.15, -0.1) is 0 Å². The maximum Gasteiger partial charge on any atom is 0.274 e. The van der Waals surface area contributed by atoms with Crippen LogP contribution in [-0.2, 0) is 18.3 Å². The summed E-state index contributed by atoms with van der Waals surface area (Å²) >= 11 is 6.49. The number of nitrogens with one attached hydrogen (secondary N) is 1. The number of aliphatic imine (C=N–C) groups is 1. The number of nitriles is 1. The van der Waals surface area contributed by atoms with E-state index in [4.69, 9.17) is 16.9 Å². The molecule has 0 aliphatic carbocycles. The van der Waals surface area contributed by atoms with Gasteiger partial charge in [0.25, 0.3) is 5.91 Å². The van der Waals surface area contributed by atoms with Gasteiger partial charge in [-0.2, -0.15) is 10.4 Å². The van der Waals surface area contributed by atoms with Gasteiger partial charge in [0, 0.05) is 42.2 Å². The molecule has 0 atom stereocenters. The first kappa shape index (κ1) is 23.0. The first-order valence-electron chi connectivity index (χ1n) is 10.7.